The minimum absolute atomic E-state index is 0.0885. The highest BCUT2D eigenvalue weighted by Crippen LogP contribution is 2.21. The van der Waals surface area contributed by atoms with Crippen molar-refractivity contribution in [1.82, 2.24) is 24.4 Å². The fourth-order valence-corrected chi connectivity index (χ4v) is 3.58. The zero-order valence-corrected chi connectivity index (χ0v) is 17.6. The average Bonchev–Trinajstić information content (AvgIpc) is 3.27. The predicted molar refractivity (Wildman–Crippen MR) is 108 cm³/mol. The van der Waals surface area contributed by atoms with Gasteiger partial charge < -0.3 is 14.2 Å². The van der Waals surface area contributed by atoms with Gasteiger partial charge in [0.05, 0.1) is 5.69 Å². The molecular formula is C19H21BrN6O2. The second kappa shape index (κ2) is 7.38. The van der Waals surface area contributed by atoms with Crippen molar-refractivity contribution in [2.24, 2.45) is 0 Å². The summed E-state index contributed by atoms with van der Waals surface area (Å²) in [6.45, 7) is 8.51. The topological polar surface area (TPSA) is 80.3 Å². The smallest absolute Gasteiger partial charge is 0.289 e. The number of halogens is 1. The van der Waals surface area contributed by atoms with Crippen molar-refractivity contribution in [3.63, 3.8) is 0 Å². The van der Waals surface area contributed by atoms with Gasteiger partial charge in [-0.1, -0.05) is 0 Å². The molecule has 1 saturated heterocycles. The Morgan fingerprint density at radius 3 is 2.39 bits per heavy atom. The Morgan fingerprint density at radius 1 is 1.07 bits per heavy atom. The van der Waals surface area contributed by atoms with Crippen molar-refractivity contribution in [3.05, 3.63) is 52.2 Å². The molecule has 4 heterocycles. The second-order valence-electron chi connectivity index (χ2n) is 6.80. The Kier molecular flexibility index (Phi) is 4.92. The molecule has 8 nitrogen and oxygen atoms in total. The van der Waals surface area contributed by atoms with Gasteiger partial charge >= 0.3 is 0 Å². The van der Waals surface area contributed by atoms with Crippen LogP contribution >= 0.6 is 15.9 Å². The second-order valence-corrected chi connectivity index (χ2v) is 7.58. The maximum absolute atomic E-state index is 12.5. The summed E-state index contributed by atoms with van der Waals surface area (Å²) >= 11 is 3.24. The Bertz CT molecular complexity index is 1020. The van der Waals surface area contributed by atoms with E-state index in [9.17, 15) is 4.79 Å². The average molecular weight is 445 g/mol. The molecule has 0 spiro atoms. The first kappa shape index (κ1) is 18.7. The number of piperazine rings is 1. The van der Waals surface area contributed by atoms with Crippen molar-refractivity contribution in [2.75, 3.05) is 31.1 Å². The number of hydrogen-bond acceptors (Lipinski definition) is 6. The first-order chi connectivity index (χ1) is 13.4. The molecule has 146 valence electrons. The molecule has 0 unspecified atom stereocenters. The van der Waals surface area contributed by atoms with Crippen molar-refractivity contribution in [2.45, 2.75) is 20.8 Å². The van der Waals surface area contributed by atoms with E-state index in [-0.39, 0.29) is 5.91 Å². The molecule has 1 aliphatic heterocycles. The SMILES string of the molecule is Cc1nc(N2CCN(C(=O)c3ccc(Br)o3)CC2)cc(-n2cnc(C)c2C)n1. The molecule has 9 heteroatoms. The molecule has 3 aromatic heterocycles. The molecular weight excluding hydrogens is 424 g/mol. The molecule has 0 radical (unpaired) electrons. The van der Waals surface area contributed by atoms with Crippen LogP contribution in [0.3, 0.4) is 0 Å². The van der Waals surface area contributed by atoms with Crippen LogP contribution in [0.2, 0.25) is 0 Å². The first-order valence-electron chi connectivity index (χ1n) is 9.08. The minimum atomic E-state index is -0.0885. The number of rotatable bonds is 3. The molecule has 0 saturated carbocycles. The van der Waals surface area contributed by atoms with E-state index < -0.39 is 0 Å². The number of carbonyl (C=O) groups excluding carboxylic acids is 1. The van der Waals surface area contributed by atoms with Crippen molar-refractivity contribution in [1.29, 1.82) is 0 Å². The molecule has 0 N–H and O–H groups in total. The first-order valence-corrected chi connectivity index (χ1v) is 9.88. The largest absolute Gasteiger partial charge is 0.444 e. The normalized spacial score (nSPS) is 14.6. The van der Waals surface area contributed by atoms with Gasteiger partial charge in [0.25, 0.3) is 5.91 Å². The van der Waals surface area contributed by atoms with Crippen LogP contribution in [0.25, 0.3) is 5.82 Å². The van der Waals surface area contributed by atoms with Crippen LogP contribution in [0.1, 0.15) is 27.8 Å². The fourth-order valence-electron chi connectivity index (χ4n) is 3.28. The summed E-state index contributed by atoms with van der Waals surface area (Å²) in [5, 5.41) is 0. The Morgan fingerprint density at radius 2 is 1.79 bits per heavy atom. The monoisotopic (exact) mass is 444 g/mol. The highest BCUT2D eigenvalue weighted by molar-refractivity contribution is 9.10. The predicted octanol–water partition coefficient (Wildman–Crippen LogP) is 2.91. The molecule has 0 aliphatic carbocycles. The van der Waals surface area contributed by atoms with Gasteiger partial charge in [-0.15, -0.1) is 0 Å². The van der Waals surface area contributed by atoms with Gasteiger partial charge in [-0.05, 0) is 48.8 Å². The zero-order valence-electron chi connectivity index (χ0n) is 16.0. The van der Waals surface area contributed by atoms with Crippen molar-refractivity contribution in [3.8, 4) is 5.82 Å². The highest BCUT2D eigenvalue weighted by Gasteiger charge is 2.25. The van der Waals surface area contributed by atoms with E-state index in [1.54, 1.807) is 23.4 Å². The van der Waals surface area contributed by atoms with Gasteiger partial charge in [-0.3, -0.25) is 9.36 Å². The maximum atomic E-state index is 12.5. The summed E-state index contributed by atoms with van der Waals surface area (Å²) in [6.07, 6.45) is 1.79. The molecule has 1 fully saturated rings. The van der Waals surface area contributed by atoms with Gasteiger partial charge in [0, 0.05) is 37.9 Å². The molecule has 4 rings (SSSR count). The number of amides is 1. The van der Waals surface area contributed by atoms with E-state index >= 15 is 0 Å². The van der Waals surface area contributed by atoms with Crippen LogP contribution in [0.15, 0.2) is 33.6 Å². The third kappa shape index (κ3) is 3.54. The number of aryl methyl sites for hydroxylation is 2. The van der Waals surface area contributed by atoms with Crippen LogP contribution in [-0.4, -0.2) is 56.5 Å². The molecule has 0 aromatic carbocycles. The number of hydrogen-bond donors (Lipinski definition) is 0. The number of furan rings is 1. The number of anilines is 1. The number of nitrogens with zero attached hydrogens (tertiary/aromatic N) is 6. The lowest BCUT2D eigenvalue weighted by Crippen LogP contribution is -2.49. The number of imidazole rings is 1. The highest BCUT2D eigenvalue weighted by atomic mass is 79.9. The van der Waals surface area contributed by atoms with Gasteiger partial charge in [-0.25, -0.2) is 15.0 Å². The van der Waals surface area contributed by atoms with Gasteiger partial charge in [0.1, 0.15) is 23.8 Å². The zero-order chi connectivity index (χ0) is 19.8. The van der Waals surface area contributed by atoms with Crippen molar-refractivity contribution < 1.29 is 9.21 Å². The molecule has 1 amide bonds. The van der Waals surface area contributed by atoms with Crippen LogP contribution in [0, 0.1) is 20.8 Å². The van der Waals surface area contributed by atoms with E-state index in [2.05, 4.69) is 35.8 Å². The fraction of sp³-hybridized carbons (Fsp3) is 0.368. The maximum Gasteiger partial charge on any atom is 0.289 e. The summed E-state index contributed by atoms with van der Waals surface area (Å²) in [4.78, 5) is 30.1. The van der Waals surface area contributed by atoms with Crippen LogP contribution in [0.5, 0.6) is 0 Å². The van der Waals surface area contributed by atoms with E-state index in [4.69, 9.17) is 4.42 Å². The molecule has 3 aromatic rings. The summed E-state index contributed by atoms with van der Waals surface area (Å²) in [5.74, 6) is 2.64. The third-order valence-electron chi connectivity index (χ3n) is 4.98. The molecule has 0 atom stereocenters. The quantitative estimate of drug-likeness (QED) is 0.617. The number of carbonyl (C=O) groups is 1. The Balaban J connectivity index is 1.50. The summed E-state index contributed by atoms with van der Waals surface area (Å²) in [5.41, 5.74) is 2.04. The van der Waals surface area contributed by atoms with Gasteiger partial charge in [-0.2, -0.15) is 0 Å². The minimum Gasteiger partial charge on any atom is -0.444 e. The summed E-state index contributed by atoms with van der Waals surface area (Å²) < 4.78 is 7.92. The van der Waals surface area contributed by atoms with Gasteiger partial charge in [0.15, 0.2) is 10.4 Å². The lowest BCUT2D eigenvalue weighted by molar-refractivity contribution is 0.0713. The van der Waals surface area contributed by atoms with Crippen LogP contribution < -0.4 is 4.90 Å². The van der Waals surface area contributed by atoms with Crippen LogP contribution in [-0.2, 0) is 0 Å². The third-order valence-corrected chi connectivity index (χ3v) is 5.41. The summed E-state index contributed by atoms with van der Waals surface area (Å²) in [6, 6.07) is 5.39. The molecule has 0 bridgehead atoms. The lowest BCUT2D eigenvalue weighted by Gasteiger charge is -2.35. The van der Waals surface area contributed by atoms with Gasteiger partial charge in [0.2, 0.25) is 0 Å². The van der Waals surface area contributed by atoms with Crippen molar-refractivity contribution >= 4 is 27.7 Å². The Labute approximate surface area is 171 Å². The van der Waals surface area contributed by atoms with Crippen LogP contribution in [0.4, 0.5) is 5.82 Å². The standard InChI is InChI=1S/C19H21BrN6O2/c1-12-13(2)26(11-21-12)18-10-17(22-14(3)23-18)24-6-8-25(9-7-24)19(27)15-4-5-16(20)28-15/h4-5,10-11H,6-9H2,1-3H3. The van der Waals surface area contributed by atoms with E-state index in [1.807, 2.05) is 31.4 Å². The van der Waals surface area contributed by atoms with E-state index in [0.29, 0.717) is 42.4 Å². The molecule has 1 aliphatic rings. The molecule has 28 heavy (non-hydrogen) atoms. The van der Waals surface area contributed by atoms with E-state index in [1.165, 1.54) is 0 Å². The lowest BCUT2D eigenvalue weighted by atomic mass is 10.2. The summed E-state index contributed by atoms with van der Waals surface area (Å²) in [7, 11) is 0. The number of aromatic nitrogens is 4. The van der Waals surface area contributed by atoms with E-state index in [0.717, 1.165) is 23.0 Å². The Hall–Kier alpha value is -2.68.